The lowest BCUT2D eigenvalue weighted by Gasteiger charge is -2.21. The number of ether oxygens (including phenoxy) is 1. The highest BCUT2D eigenvalue weighted by Gasteiger charge is 2.27. The summed E-state index contributed by atoms with van der Waals surface area (Å²) >= 11 is 0. The Labute approximate surface area is 209 Å². The number of anilines is 1. The van der Waals surface area contributed by atoms with Gasteiger partial charge < -0.3 is 9.84 Å². The smallest absolute Gasteiger partial charge is 0.232 e. The van der Waals surface area contributed by atoms with E-state index in [4.69, 9.17) is 4.74 Å². The van der Waals surface area contributed by atoms with Gasteiger partial charge >= 0.3 is 0 Å². The van der Waals surface area contributed by atoms with Gasteiger partial charge in [0.25, 0.3) is 0 Å². The van der Waals surface area contributed by atoms with E-state index >= 15 is 0 Å². The lowest BCUT2D eigenvalue weighted by atomic mass is 10.0. The molecule has 37 heavy (non-hydrogen) atoms. The third-order valence-corrected chi connectivity index (χ3v) is 5.92. The summed E-state index contributed by atoms with van der Waals surface area (Å²) in [4.78, 5) is 23.2. The molecule has 0 unspecified atom stereocenters. The average molecular weight is 511 g/mol. The SMILES string of the molecule is COc1ccc(-c2cnc(N(C)C(=O)Cc3c(C)c(F)c(F)c(F)c3F)c(-c3ccc(O)cc3)n2)cc1. The number of phenolic OH excluding ortho intramolecular Hbond substituents is 1. The van der Waals surface area contributed by atoms with Crippen LogP contribution in [0.4, 0.5) is 23.4 Å². The third-order valence-electron chi connectivity index (χ3n) is 5.92. The first kappa shape index (κ1) is 25.6. The Kier molecular flexibility index (Phi) is 7.10. The molecule has 0 fully saturated rings. The molecule has 0 saturated carbocycles. The maximum absolute atomic E-state index is 14.4. The lowest BCUT2D eigenvalue weighted by Crippen LogP contribution is -2.30. The van der Waals surface area contributed by atoms with E-state index in [0.29, 0.717) is 22.6 Å². The third kappa shape index (κ3) is 4.95. The van der Waals surface area contributed by atoms with Crippen molar-refractivity contribution in [2.45, 2.75) is 13.3 Å². The fourth-order valence-electron chi connectivity index (χ4n) is 3.73. The van der Waals surface area contributed by atoms with Gasteiger partial charge in [-0.3, -0.25) is 9.69 Å². The van der Waals surface area contributed by atoms with Crippen molar-refractivity contribution < 1.29 is 32.2 Å². The second-order valence-electron chi connectivity index (χ2n) is 8.19. The number of halogens is 4. The molecule has 0 atom stereocenters. The molecular formula is C27H21F4N3O3. The van der Waals surface area contributed by atoms with E-state index in [0.717, 1.165) is 11.8 Å². The van der Waals surface area contributed by atoms with Crippen molar-refractivity contribution in [2.75, 3.05) is 19.1 Å². The summed E-state index contributed by atoms with van der Waals surface area (Å²) in [6, 6.07) is 13.1. The van der Waals surface area contributed by atoms with Crippen molar-refractivity contribution in [2.24, 2.45) is 0 Å². The van der Waals surface area contributed by atoms with E-state index in [1.165, 1.54) is 25.4 Å². The Morgan fingerprint density at radius 2 is 1.51 bits per heavy atom. The van der Waals surface area contributed by atoms with Gasteiger partial charge in [-0.1, -0.05) is 0 Å². The first-order chi connectivity index (χ1) is 17.6. The number of benzene rings is 3. The van der Waals surface area contributed by atoms with Gasteiger partial charge in [0.1, 0.15) is 17.2 Å². The molecule has 1 heterocycles. The molecule has 1 amide bonds. The van der Waals surface area contributed by atoms with Crippen LogP contribution < -0.4 is 9.64 Å². The van der Waals surface area contributed by atoms with Crippen LogP contribution in [0.1, 0.15) is 11.1 Å². The molecule has 10 heteroatoms. The number of nitrogens with zero attached hydrogens (tertiary/aromatic N) is 3. The van der Waals surface area contributed by atoms with Crippen LogP contribution >= 0.6 is 0 Å². The molecule has 6 nitrogen and oxygen atoms in total. The van der Waals surface area contributed by atoms with Crippen LogP contribution in [0.3, 0.4) is 0 Å². The van der Waals surface area contributed by atoms with Crippen molar-refractivity contribution in [3.8, 4) is 34.0 Å². The first-order valence-electron chi connectivity index (χ1n) is 11.0. The van der Waals surface area contributed by atoms with Gasteiger partial charge in [-0.05, 0) is 61.0 Å². The van der Waals surface area contributed by atoms with E-state index in [-0.39, 0.29) is 17.3 Å². The number of methoxy groups -OCH3 is 1. The summed E-state index contributed by atoms with van der Waals surface area (Å²) in [7, 11) is 2.90. The van der Waals surface area contributed by atoms with Gasteiger partial charge in [-0.2, -0.15) is 0 Å². The molecule has 4 rings (SSSR count). The zero-order valence-electron chi connectivity index (χ0n) is 20.0. The van der Waals surface area contributed by atoms with Gasteiger partial charge in [-0.25, -0.2) is 27.5 Å². The molecule has 4 aromatic rings. The summed E-state index contributed by atoms with van der Waals surface area (Å²) in [6.07, 6.45) is 0.688. The second-order valence-corrected chi connectivity index (χ2v) is 8.19. The van der Waals surface area contributed by atoms with Crippen LogP contribution in [0.25, 0.3) is 22.5 Å². The second kappa shape index (κ2) is 10.3. The first-order valence-corrected chi connectivity index (χ1v) is 11.0. The molecular weight excluding hydrogens is 490 g/mol. The van der Waals surface area contributed by atoms with Crippen LogP contribution in [-0.4, -0.2) is 35.1 Å². The molecule has 1 aromatic heterocycles. The highest BCUT2D eigenvalue weighted by molar-refractivity contribution is 5.96. The summed E-state index contributed by atoms with van der Waals surface area (Å²) in [5, 5.41) is 9.70. The largest absolute Gasteiger partial charge is 0.508 e. The summed E-state index contributed by atoms with van der Waals surface area (Å²) in [5.74, 6) is -7.13. The number of rotatable bonds is 6. The minimum absolute atomic E-state index is 0.0142. The number of aromatic nitrogens is 2. The Hall–Kier alpha value is -4.47. The van der Waals surface area contributed by atoms with Crippen molar-refractivity contribution in [1.82, 2.24) is 9.97 Å². The summed E-state index contributed by atoms with van der Waals surface area (Å²) < 4.78 is 61.0. The number of carbonyl (C=O) groups excluding carboxylic acids is 1. The Bertz CT molecular complexity index is 1450. The number of likely N-dealkylation sites (N-methyl/N-ethyl adjacent to an activating group) is 1. The fourth-order valence-corrected chi connectivity index (χ4v) is 3.73. The van der Waals surface area contributed by atoms with Gasteiger partial charge in [0.2, 0.25) is 5.91 Å². The maximum Gasteiger partial charge on any atom is 0.232 e. The molecule has 190 valence electrons. The normalized spacial score (nSPS) is 10.9. The molecule has 0 aliphatic carbocycles. The molecule has 0 radical (unpaired) electrons. The Morgan fingerprint density at radius 1 is 0.919 bits per heavy atom. The van der Waals surface area contributed by atoms with Crippen molar-refractivity contribution in [3.05, 3.63) is 89.1 Å². The van der Waals surface area contributed by atoms with Gasteiger partial charge in [-0.15, -0.1) is 0 Å². The van der Waals surface area contributed by atoms with Crippen molar-refractivity contribution in [1.29, 1.82) is 0 Å². The van der Waals surface area contributed by atoms with Crippen molar-refractivity contribution in [3.63, 3.8) is 0 Å². The van der Waals surface area contributed by atoms with Gasteiger partial charge in [0.05, 0.1) is 25.4 Å². The highest BCUT2D eigenvalue weighted by atomic mass is 19.2. The van der Waals surface area contributed by atoms with E-state index in [1.54, 1.807) is 43.5 Å². The van der Waals surface area contributed by atoms with Crippen LogP contribution in [0.15, 0.2) is 54.7 Å². The molecule has 0 saturated heterocycles. The zero-order chi connectivity index (χ0) is 26.9. The number of amides is 1. The number of hydrogen-bond donors (Lipinski definition) is 1. The Morgan fingerprint density at radius 3 is 2.14 bits per heavy atom. The minimum Gasteiger partial charge on any atom is -0.508 e. The van der Waals surface area contributed by atoms with Crippen LogP contribution in [0.2, 0.25) is 0 Å². The van der Waals surface area contributed by atoms with Gasteiger partial charge in [0, 0.05) is 23.7 Å². The highest BCUT2D eigenvalue weighted by Crippen LogP contribution is 2.32. The number of phenols is 1. The van der Waals surface area contributed by atoms with Crippen molar-refractivity contribution >= 4 is 11.7 Å². The number of carbonyl (C=O) groups is 1. The molecule has 0 aliphatic rings. The quantitative estimate of drug-likeness (QED) is 0.207. The van der Waals surface area contributed by atoms with E-state index in [9.17, 15) is 27.5 Å². The predicted molar refractivity (Wildman–Crippen MR) is 129 cm³/mol. The minimum atomic E-state index is -1.98. The fraction of sp³-hybridized carbons (Fsp3) is 0.148. The Balaban J connectivity index is 1.76. The maximum atomic E-state index is 14.4. The summed E-state index contributed by atoms with van der Waals surface area (Å²) in [6.45, 7) is 1.06. The zero-order valence-corrected chi connectivity index (χ0v) is 20.0. The molecule has 1 N–H and O–H groups in total. The standard InChI is InChI=1S/C27H21F4N3O3/c1-14-19(23(29)25(31)24(30)22(14)28)12-21(36)34(2)27-26(16-4-8-17(35)9-5-16)33-20(13-32-27)15-6-10-18(37-3)11-7-15/h4-11,13,35H,12H2,1-3H3. The lowest BCUT2D eigenvalue weighted by molar-refractivity contribution is -0.117. The number of hydrogen-bond acceptors (Lipinski definition) is 5. The summed E-state index contributed by atoms with van der Waals surface area (Å²) in [5.41, 5.74) is 0.859. The van der Waals surface area contributed by atoms with Gasteiger partial charge in [0.15, 0.2) is 29.1 Å². The molecule has 3 aromatic carbocycles. The molecule has 0 spiro atoms. The predicted octanol–water partition coefficient (Wildman–Crippen LogP) is 5.60. The number of aromatic hydroxyl groups is 1. The van der Waals surface area contributed by atoms with Crippen LogP contribution in [-0.2, 0) is 11.2 Å². The van der Waals surface area contributed by atoms with E-state index in [1.807, 2.05) is 0 Å². The molecule has 0 bridgehead atoms. The average Bonchev–Trinajstić information content (AvgIpc) is 2.92. The van der Waals surface area contributed by atoms with E-state index in [2.05, 4.69) is 9.97 Å². The van der Waals surface area contributed by atoms with E-state index < -0.39 is 46.7 Å². The monoisotopic (exact) mass is 511 g/mol. The van der Waals surface area contributed by atoms with Crippen LogP contribution in [0, 0.1) is 30.2 Å². The topological polar surface area (TPSA) is 75.5 Å². The van der Waals surface area contributed by atoms with Crippen LogP contribution in [0.5, 0.6) is 11.5 Å². The molecule has 0 aliphatic heterocycles.